The highest BCUT2D eigenvalue weighted by Gasteiger charge is 2.15. The molecule has 1 heterocycles. The Morgan fingerprint density at radius 3 is 2.88 bits per heavy atom. The molecule has 4 heteroatoms. The van der Waals surface area contributed by atoms with E-state index < -0.39 is 0 Å². The number of benzene rings is 1. The van der Waals surface area contributed by atoms with Gasteiger partial charge in [-0.2, -0.15) is 0 Å². The van der Waals surface area contributed by atoms with Crippen molar-refractivity contribution in [3.63, 3.8) is 0 Å². The predicted molar refractivity (Wildman–Crippen MR) is 61.7 cm³/mol. The van der Waals surface area contributed by atoms with Crippen molar-refractivity contribution in [3.8, 4) is 5.75 Å². The van der Waals surface area contributed by atoms with Gasteiger partial charge in [0.25, 0.3) is 0 Å². The van der Waals surface area contributed by atoms with Gasteiger partial charge >= 0.3 is 0 Å². The molecule has 84 valence electrons. The molecule has 0 saturated heterocycles. The van der Waals surface area contributed by atoms with Crippen molar-refractivity contribution in [1.29, 1.82) is 0 Å². The molecule has 0 fully saturated rings. The van der Waals surface area contributed by atoms with Crippen molar-refractivity contribution < 1.29 is 9.90 Å². The molecule has 1 aliphatic rings. The van der Waals surface area contributed by atoms with Gasteiger partial charge in [-0.3, -0.25) is 4.79 Å². The number of hydrogen-bond donors (Lipinski definition) is 3. The van der Waals surface area contributed by atoms with Gasteiger partial charge in [0.15, 0.2) is 0 Å². The van der Waals surface area contributed by atoms with Crippen LogP contribution in [0.2, 0.25) is 0 Å². The molecule has 1 aromatic rings. The number of carbonyl (C=O) groups excluding carboxylic acids is 1. The molecule has 1 amide bonds. The number of phenols is 1. The van der Waals surface area contributed by atoms with Crippen LogP contribution in [-0.4, -0.2) is 23.6 Å². The zero-order valence-electron chi connectivity index (χ0n) is 9.03. The average molecular weight is 218 g/mol. The Morgan fingerprint density at radius 2 is 2.12 bits per heavy atom. The van der Waals surface area contributed by atoms with Crippen molar-refractivity contribution in [1.82, 2.24) is 10.6 Å². The maximum absolute atomic E-state index is 11.4. The van der Waals surface area contributed by atoms with Crippen LogP contribution in [0.15, 0.2) is 30.3 Å². The van der Waals surface area contributed by atoms with Crippen molar-refractivity contribution in [2.24, 2.45) is 0 Å². The van der Waals surface area contributed by atoms with E-state index in [0.29, 0.717) is 17.8 Å². The van der Waals surface area contributed by atoms with Crippen LogP contribution in [0.4, 0.5) is 0 Å². The van der Waals surface area contributed by atoms with Gasteiger partial charge in [-0.25, -0.2) is 0 Å². The lowest BCUT2D eigenvalue weighted by Gasteiger charge is -2.15. The van der Waals surface area contributed by atoms with Gasteiger partial charge in [-0.05, 0) is 19.1 Å². The van der Waals surface area contributed by atoms with E-state index in [0.717, 1.165) is 0 Å². The Balaban J connectivity index is 2.38. The van der Waals surface area contributed by atoms with Crippen molar-refractivity contribution in [2.45, 2.75) is 13.0 Å². The lowest BCUT2D eigenvalue weighted by Crippen LogP contribution is -2.33. The molecule has 2 rings (SSSR count). The minimum absolute atomic E-state index is 0.136. The summed E-state index contributed by atoms with van der Waals surface area (Å²) in [5, 5.41) is 15.7. The van der Waals surface area contributed by atoms with E-state index >= 15 is 0 Å². The number of amides is 1. The SMILES string of the molecule is CC1CNC(=O)C=C(c2ccccc2O)N1. The standard InChI is InChI=1S/C12H14N2O2/c1-8-7-13-12(16)6-10(14-8)9-4-2-3-5-11(9)15/h2-6,8,14-15H,7H2,1H3,(H,13,16). The summed E-state index contributed by atoms with van der Waals surface area (Å²) in [6.45, 7) is 2.55. The number of carbonyl (C=O) groups is 1. The number of phenolic OH excluding ortho intramolecular Hbond substituents is 1. The molecular formula is C12H14N2O2. The minimum atomic E-state index is -0.143. The second kappa shape index (κ2) is 4.26. The van der Waals surface area contributed by atoms with Gasteiger partial charge < -0.3 is 15.7 Å². The molecule has 0 aromatic heterocycles. The molecule has 3 N–H and O–H groups in total. The van der Waals surface area contributed by atoms with Crippen LogP contribution in [-0.2, 0) is 4.79 Å². The second-order valence-electron chi connectivity index (χ2n) is 3.87. The largest absolute Gasteiger partial charge is 0.507 e. The van der Waals surface area contributed by atoms with Gasteiger partial charge in [0, 0.05) is 24.2 Å². The minimum Gasteiger partial charge on any atom is -0.507 e. The molecule has 1 atom stereocenters. The van der Waals surface area contributed by atoms with E-state index in [2.05, 4.69) is 10.6 Å². The van der Waals surface area contributed by atoms with Gasteiger partial charge in [0.05, 0.1) is 5.70 Å². The first-order valence-corrected chi connectivity index (χ1v) is 5.21. The zero-order chi connectivity index (χ0) is 11.5. The molecule has 0 aliphatic carbocycles. The Hall–Kier alpha value is -1.97. The van der Waals surface area contributed by atoms with Crippen LogP contribution in [0, 0.1) is 0 Å². The normalized spacial score (nSPS) is 20.4. The summed E-state index contributed by atoms with van der Waals surface area (Å²) in [5.41, 5.74) is 1.30. The first-order chi connectivity index (χ1) is 7.66. The first-order valence-electron chi connectivity index (χ1n) is 5.21. The fourth-order valence-electron chi connectivity index (χ4n) is 1.65. The number of para-hydroxylation sites is 1. The van der Waals surface area contributed by atoms with Gasteiger partial charge in [-0.15, -0.1) is 0 Å². The molecule has 16 heavy (non-hydrogen) atoms. The van der Waals surface area contributed by atoms with Crippen LogP contribution >= 0.6 is 0 Å². The number of aromatic hydroxyl groups is 1. The molecule has 1 aromatic carbocycles. The first kappa shape index (κ1) is 10.5. The summed E-state index contributed by atoms with van der Waals surface area (Å²) in [4.78, 5) is 11.4. The third-order valence-corrected chi connectivity index (χ3v) is 2.45. The summed E-state index contributed by atoms with van der Waals surface area (Å²) < 4.78 is 0. The fourth-order valence-corrected chi connectivity index (χ4v) is 1.65. The molecule has 1 unspecified atom stereocenters. The molecule has 0 spiro atoms. The van der Waals surface area contributed by atoms with Gasteiger partial charge in [0.2, 0.25) is 5.91 Å². The highest BCUT2D eigenvalue weighted by Crippen LogP contribution is 2.23. The number of rotatable bonds is 1. The molecule has 0 radical (unpaired) electrons. The van der Waals surface area contributed by atoms with E-state index in [1.54, 1.807) is 18.2 Å². The molecule has 1 aliphatic heterocycles. The highest BCUT2D eigenvalue weighted by atomic mass is 16.3. The monoisotopic (exact) mass is 218 g/mol. The number of nitrogens with one attached hydrogen (secondary N) is 2. The van der Waals surface area contributed by atoms with Crippen LogP contribution in [0.1, 0.15) is 12.5 Å². The van der Waals surface area contributed by atoms with E-state index in [1.807, 2.05) is 13.0 Å². The topological polar surface area (TPSA) is 61.4 Å². The highest BCUT2D eigenvalue weighted by molar-refractivity contribution is 5.96. The smallest absolute Gasteiger partial charge is 0.246 e. The van der Waals surface area contributed by atoms with E-state index in [9.17, 15) is 9.90 Å². The van der Waals surface area contributed by atoms with E-state index in [4.69, 9.17) is 0 Å². The lowest BCUT2D eigenvalue weighted by atomic mass is 10.1. The van der Waals surface area contributed by atoms with Crippen LogP contribution in [0.25, 0.3) is 5.70 Å². The molecular weight excluding hydrogens is 204 g/mol. The maximum atomic E-state index is 11.4. The molecule has 0 saturated carbocycles. The Labute approximate surface area is 94.0 Å². The van der Waals surface area contributed by atoms with Gasteiger partial charge in [-0.1, -0.05) is 12.1 Å². The Kier molecular flexibility index (Phi) is 2.81. The fraction of sp³-hybridized carbons (Fsp3) is 0.250. The predicted octanol–water partition coefficient (Wildman–Crippen LogP) is 0.841. The molecule has 0 bridgehead atoms. The zero-order valence-corrected chi connectivity index (χ0v) is 9.03. The summed E-state index contributed by atoms with van der Waals surface area (Å²) in [6.07, 6.45) is 1.47. The summed E-state index contributed by atoms with van der Waals surface area (Å²) in [5.74, 6) is 0.0262. The third-order valence-electron chi connectivity index (χ3n) is 2.45. The van der Waals surface area contributed by atoms with Crippen LogP contribution in [0.3, 0.4) is 0 Å². The third kappa shape index (κ3) is 2.16. The average Bonchev–Trinajstić information content (AvgIpc) is 2.41. The van der Waals surface area contributed by atoms with Gasteiger partial charge in [0.1, 0.15) is 5.75 Å². The quantitative estimate of drug-likeness (QED) is 0.654. The van der Waals surface area contributed by atoms with Crippen LogP contribution in [0.5, 0.6) is 5.75 Å². The maximum Gasteiger partial charge on any atom is 0.246 e. The summed E-state index contributed by atoms with van der Waals surface area (Å²) in [6, 6.07) is 7.09. The summed E-state index contributed by atoms with van der Waals surface area (Å²) in [7, 11) is 0. The van der Waals surface area contributed by atoms with Crippen molar-refractivity contribution in [2.75, 3.05) is 6.54 Å². The van der Waals surface area contributed by atoms with E-state index in [-0.39, 0.29) is 17.7 Å². The molecule has 4 nitrogen and oxygen atoms in total. The van der Waals surface area contributed by atoms with E-state index in [1.165, 1.54) is 6.08 Å². The van der Waals surface area contributed by atoms with Crippen molar-refractivity contribution >= 4 is 11.6 Å². The lowest BCUT2D eigenvalue weighted by molar-refractivity contribution is -0.116. The number of hydrogen-bond acceptors (Lipinski definition) is 3. The Bertz CT molecular complexity index is 440. The Morgan fingerprint density at radius 1 is 1.38 bits per heavy atom. The van der Waals surface area contributed by atoms with Crippen LogP contribution < -0.4 is 10.6 Å². The second-order valence-corrected chi connectivity index (χ2v) is 3.87. The summed E-state index contributed by atoms with van der Waals surface area (Å²) >= 11 is 0. The van der Waals surface area contributed by atoms with Crippen molar-refractivity contribution in [3.05, 3.63) is 35.9 Å².